The molecule has 2 heterocycles. The molecule has 2 nitrogen and oxygen atoms in total. The number of nitrogens with one attached hydrogen (secondary N) is 1. The topological polar surface area (TPSA) is 15.3 Å². The molecule has 2 aliphatic heterocycles. The van der Waals surface area contributed by atoms with Gasteiger partial charge in [0.25, 0.3) is 0 Å². The van der Waals surface area contributed by atoms with E-state index < -0.39 is 0 Å². The second-order valence-electron chi connectivity index (χ2n) is 4.26. The number of benzene rings is 1. The molecule has 2 heteroatoms. The number of fused-ring (bicyclic) bond motifs is 1. The van der Waals surface area contributed by atoms with E-state index >= 15 is 0 Å². The lowest BCUT2D eigenvalue weighted by Gasteiger charge is -2.23. The average Bonchev–Trinajstić information content (AvgIpc) is 2.79. The third-order valence-electron chi connectivity index (χ3n) is 3.42. The van der Waals surface area contributed by atoms with E-state index in [1.807, 2.05) is 0 Å². The van der Waals surface area contributed by atoms with Crippen LogP contribution >= 0.6 is 0 Å². The van der Waals surface area contributed by atoms with Gasteiger partial charge in [0.15, 0.2) is 0 Å². The summed E-state index contributed by atoms with van der Waals surface area (Å²) in [4.78, 5) is 2.61. The van der Waals surface area contributed by atoms with Crippen LogP contribution in [0, 0.1) is 0 Å². The van der Waals surface area contributed by atoms with Crippen molar-refractivity contribution in [2.45, 2.75) is 25.0 Å². The zero-order valence-corrected chi connectivity index (χ0v) is 8.32. The first kappa shape index (κ1) is 8.45. The molecule has 1 N–H and O–H groups in total. The molecule has 0 aromatic heterocycles. The predicted molar refractivity (Wildman–Crippen MR) is 56.9 cm³/mol. The Kier molecular flexibility index (Phi) is 2.03. The first-order valence-electron chi connectivity index (χ1n) is 5.49. The van der Waals surface area contributed by atoms with E-state index in [4.69, 9.17) is 0 Å². The highest BCUT2D eigenvalue weighted by Gasteiger charge is 2.36. The fourth-order valence-electron chi connectivity index (χ4n) is 2.73. The van der Waals surface area contributed by atoms with E-state index in [0.717, 1.165) is 6.04 Å². The third kappa shape index (κ3) is 1.26. The van der Waals surface area contributed by atoms with Gasteiger partial charge in [0.1, 0.15) is 0 Å². The quantitative estimate of drug-likeness (QED) is 0.722. The van der Waals surface area contributed by atoms with Crippen LogP contribution in [0.25, 0.3) is 0 Å². The van der Waals surface area contributed by atoms with Gasteiger partial charge in [0.05, 0.1) is 6.17 Å². The van der Waals surface area contributed by atoms with Gasteiger partial charge < -0.3 is 0 Å². The summed E-state index contributed by atoms with van der Waals surface area (Å²) in [5.74, 6) is 0. The summed E-state index contributed by atoms with van der Waals surface area (Å²) >= 11 is 0. The smallest absolute Gasteiger partial charge is 0.0864 e. The molecular formula is C12H16N2. The van der Waals surface area contributed by atoms with Gasteiger partial charge in [-0.05, 0) is 18.4 Å². The Morgan fingerprint density at radius 1 is 1.21 bits per heavy atom. The molecule has 0 spiro atoms. The second-order valence-corrected chi connectivity index (χ2v) is 4.26. The number of rotatable bonds is 1. The maximum Gasteiger partial charge on any atom is 0.0864 e. The molecule has 74 valence electrons. The van der Waals surface area contributed by atoms with Crippen molar-refractivity contribution in [2.75, 3.05) is 13.1 Å². The molecule has 3 rings (SSSR count). The minimum Gasteiger partial charge on any atom is -0.296 e. The summed E-state index contributed by atoms with van der Waals surface area (Å²) in [6.45, 7) is 2.43. The van der Waals surface area contributed by atoms with Crippen LogP contribution in [0.15, 0.2) is 30.3 Å². The standard InChI is InChI=1S/C12H16N2/c1-2-5-10(6-3-1)12-13-9-11-7-4-8-14(11)12/h1-3,5-6,11-13H,4,7-9H2/t11-,12+/m1/s1. The number of hydrogen-bond acceptors (Lipinski definition) is 2. The lowest BCUT2D eigenvalue weighted by Crippen LogP contribution is -2.28. The maximum absolute atomic E-state index is 3.60. The zero-order valence-electron chi connectivity index (χ0n) is 8.32. The molecule has 0 amide bonds. The SMILES string of the molecule is c1ccc([C@H]2NC[C@H]3CCCN32)cc1. The lowest BCUT2D eigenvalue weighted by atomic mass is 10.1. The van der Waals surface area contributed by atoms with Crippen LogP contribution in [0.2, 0.25) is 0 Å². The first-order valence-corrected chi connectivity index (χ1v) is 5.49. The molecule has 2 aliphatic rings. The normalized spacial score (nSPS) is 32.0. The van der Waals surface area contributed by atoms with E-state index in [-0.39, 0.29) is 0 Å². The Balaban J connectivity index is 1.86. The molecule has 2 atom stereocenters. The molecule has 0 bridgehead atoms. The van der Waals surface area contributed by atoms with E-state index in [2.05, 4.69) is 40.5 Å². The van der Waals surface area contributed by atoms with Crippen molar-refractivity contribution in [3.8, 4) is 0 Å². The predicted octanol–water partition coefficient (Wildman–Crippen LogP) is 1.75. The minimum atomic E-state index is 0.476. The highest BCUT2D eigenvalue weighted by Crippen LogP contribution is 2.31. The van der Waals surface area contributed by atoms with Crippen molar-refractivity contribution in [3.63, 3.8) is 0 Å². The van der Waals surface area contributed by atoms with Crippen molar-refractivity contribution in [3.05, 3.63) is 35.9 Å². The molecule has 0 unspecified atom stereocenters. The first-order chi connectivity index (χ1) is 6.95. The highest BCUT2D eigenvalue weighted by molar-refractivity contribution is 5.20. The summed E-state index contributed by atoms with van der Waals surface area (Å²) in [5, 5.41) is 3.60. The van der Waals surface area contributed by atoms with Gasteiger partial charge in [-0.3, -0.25) is 10.2 Å². The Bertz CT molecular complexity index is 309. The number of hydrogen-bond donors (Lipinski definition) is 1. The summed E-state index contributed by atoms with van der Waals surface area (Å²) < 4.78 is 0. The van der Waals surface area contributed by atoms with E-state index in [1.165, 1.54) is 31.5 Å². The van der Waals surface area contributed by atoms with Gasteiger partial charge in [-0.1, -0.05) is 30.3 Å². The van der Waals surface area contributed by atoms with E-state index in [0.29, 0.717) is 6.17 Å². The van der Waals surface area contributed by atoms with Crippen LogP contribution in [0.1, 0.15) is 24.6 Å². The maximum atomic E-state index is 3.60. The van der Waals surface area contributed by atoms with E-state index in [9.17, 15) is 0 Å². The van der Waals surface area contributed by atoms with Gasteiger partial charge in [-0.25, -0.2) is 0 Å². The molecule has 1 aromatic carbocycles. The van der Waals surface area contributed by atoms with Crippen LogP contribution in [-0.2, 0) is 0 Å². The third-order valence-corrected chi connectivity index (χ3v) is 3.42. The van der Waals surface area contributed by atoms with Crippen molar-refractivity contribution in [2.24, 2.45) is 0 Å². The average molecular weight is 188 g/mol. The fraction of sp³-hybridized carbons (Fsp3) is 0.500. The van der Waals surface area contributed by atoms with Crippen LogP contribution in [-0.4, -0.2) is 24.0 Å². The van der Waals surface area contributed by atoms with Crippen molar-refractivity contribution in [1.82, 2.24) is 10.2 Å². The van der Waals surface area contributed by atoms with Crippen molar-refractivity contribution in [1.29, 1.82) is 0 Å². The monoisotopic (exact) mass is 188 g/mol. The van der Waals surface area contributed by atoms with Gasteiger partial charge >= 0.3 is 0 Å². The summed E-state index contributed by atoms with van der Waals surface area (Å²) in [5.41, 5.74) is 1.41. The Hall–Kier alpha value is -0.860. The molecule has 0 saturated carbocycles. The van der Waals surface area contributed by atoms with Crippen LogP contribution in [0.4, 0.5) is 0 Å². The van der Waals surface area contributed by atoms with Gasteiger partial charge in [0, 0.05) is 19.1 Å². The lowest BCUT2D eigenvalue weighted by molar-refractivity contribution is 0.240. The fourth-order valence-corrected chi connectivity index (χ4v) is 2.73. The van der Waals surface area contributed by atoms with Crippen LogP contribution < -0.4 is 5.32 Å². The highest BCUT2D eigenvalue weighted by atomic mass is 15.4. The van der Waals surface area contributed by atoms with E-state index in [1.54, 1.807) is 0 Å². The molecular weight excluding hydrogens is 172 g/mol. The second kappa shape index (κ2) is 3.37. The molecule has 1 aromatic rings. The zero-order chi connectivity index (χ0) is 9.38. The summed E-state index contributed by atoms with van der Waals surface area (Å²) in [6.07, 6.45) is 3.22. The Labute approximate surface area is 84.9 Å². The van der Waals surface area contributed by atoms with Crippen molar-refractivity contribution < 1.29 is 0 Å². The van der Waals surface area contributed by atoms with Gasteiger partial charge in [-0.2, -0.15) is 0 Å². The molecule has 2 saturated heterocycles. The number of nitrogens with zero attached hydrogens (tertiary/aromatic N) is 1. The molecule has 0 aliphatic carbocycles. The van der Waals surface area contributed by atoms with Gasteiger partial charge in [-0.15, -0.1) is 0 Å². The molecule has 14 heavy (non-hydrogen) atoms. The summed E-state index contributed by atoms with van der Waals surface area (Å²) in [6, 6.07) is 11.6. The largest absolute Gasteiger partial charge is 0.296 e. The van der Waals surface area contributed by atoms with Crippen molar-refractivity contribution >= 4 is 0 Å². The molecule has 2 fully saturated rings. The molecule has 0 radical (unpaired) electrons. The Morgan fingerprint density at radius 3 is 2.93 bits per heavy atom. The Morgan fingerprint density at radius 2 is 2.07 bits per heavy atom. The summed E-state index contributed by atoms with van der Waals surface area (Å²) in [7, 11) is 0. The van der Waals surface area contributed by atoms with Gasteiger partial charge in [0.2, 0.25) is 0 Å². The van der Waals surface area contributed by atoms with Crippen LogP contribution in [0.3, 0.4) is 0 Å². The minimum absolute atomic E-state index is 0.476. The van der Waals surface area contributed by atoms with Crippen LogP contribution in [0.5, 0.6) is 0 Å².